The molecule has 0 aliphatic rings. The lowest BCUT2D eigenvalue weighted by Gasteiger charge is -2.17. The topological polar surface area (TPSA) is 110 Å². The van der Waals surface area contributed by atoms with Crippen LogP contribution in [0.5, 0.6) is 0 Å². The molecule has 4 rings (SSSR count). The van der Waals surface area contributed by atoms with Crippen LogP contribution in [0, 0.1) is 17.1 Å². The number of pyridine rings is 1. The summed E-state index contributed by atoms with van der Waals surface area (Å²) in [5, 5.41) is 23.7. The molecule has 0 aliphatic heterocycles. The third kappa shape index (κ3) is 4.92. The fourth-order valence-electron chi connectivity index (χ4n) is 3.45. The lowest BCUT2D eigenvalue weighted by Crippen LogP contribution is -2.23. The molecular weight excluding hydrogens is 457 g/mol. The SMILES string of the molecule is CN(C)C(=O)Cc1cc(NCc2ccn[nH]2)cc2c(Nc3ccc(F)c(Cl)c3)c(C#N)cnc12. The van der Waals surface area contributed by atoms with Gasteiger partial charge in [-0.25, -0.2) is 4.39 Å². The molecule has 0 radical (unpaired) electrons. The van der Waals surface area contributed by atoms with Gasteiger partial charge in [0.15, 0.2) is 0 Å². The summed E-state index contributed by atoms with van der Waals surface area (Å²) in [6.07, 6.45) is 3.25. The number of hydrogen-bond acceptors (Lipinski definition) is 6. The van der Waals surface area contributed by atoms with Crippen LogP contribution >= 0.6 is 11.6 Å². The molecule has 0 saturated carbocycles. The highest BCUT2D eigenvalue weighted by Crippen LogP contribution is 2.34. The van der Waals surface area contributed by atoms with Crippen LogP contribution in [0.4, 0.5) is 21.5 Å². The Morgan fingerprint density at radius 1 is 1.24 bits per heavy atom. The first-order valence-electron chi connectivity index (χ1n) is 10.4. The number of anilines is 3. The molecule has 2 heterocycles. The predicted octanol–water partition coefficient (Wildman–Crippen LogP) is 4.61. The van der Waals surface area contributed by atoms with Crippen molar-refractivity contribution in [2.45, 2.75) is 13.0 Å². The van der Waals surface area contributed by atoms with E-state index in [1.807, 2.05) is 18.2 Å². The first-order chi connectivity index (χ1) is 16.4. The highest BCUT2D eigenvalue weighted by Gasteiger charge is 2.17. The third-order valence-electron chi connectivity index (χ3n) is 5.24. The van der Waals surface area contributed by atoms with E-state index in [-0.39, 0.29) is 17.4 Å². The molecule has 10 heteroatoms. The fourth-order valence-corrected chi connectivity index (χ4v) is 3.63. The van der Waals surface area contributed by atoms with Crippen LogP contribution in [0.1, 0.15) is 16.8 Å². The van der Waals surface area contributed by atoms with E-state index in [0.29, 0.717) is 39.9 Å². The molecule has 2 aromatic heterocycles. The number of hydrogen-bond donors (Lipinski definition) is 3. The number of nitrogens with zero attached hydrogens (tertiary/aromatic N) is 4. The number of likely N-dealkylation sites (N-methyl/N-ethyl adjacent to an activating group) is 1. The van der Waals surface area contributed by atoms with Gasteiger partial charge in [-0.3, -0.25) is 14.9 Å². The normalized spacial score (nSPS) is 10.7. The van der Waals surface area contributed by atoms with Crippen molar-refractivity contribution >= 4 is 45.5 Å². The Morgan fingerprint density at radius 2 is 2.06 bits per heavy atom. The van der Waals surface area contributed by atoms with E-state index in [1.165, 1.54) is 29.3 Å². The van der Waals surface area contributed by atoms with Crippen molar-refractivity contribution in [1.82, 2.24) is 20.1 Å². The number of fused-ring (bicyclic) bond motifs is 1. The van der Waals surface area contributed by atoms with E-state index in [0.717, 1.165) is 11.4 Å². The van der Waals surface area contributed by atoms with Crippen LogP contribution in [-0.2, 0) is 17.8 Å². The molecule has 0 bridgehead atoms. The summed E-state index contributed by atoms with van der Waals surface area (Å²) in [5.74, 6) is -0.625. The van der Waals surface area contributed by atoms with Gasteiger partial charge < -0.3 is 15.5 Å². The zero-order valence-electron chi connectivity index (χ0n) is 18.5. The molecule has 2 aromatic carbocycles. The number of benzene rings is 2. The number of amides is 1. The second kappa shape index (κ2) is 9.77. The van der Waals surface area contributed by atoms with Crippen molar-refractivity contribution in [2.75, 3.05) is 24.7 Å². The zero-order valence-corrected chi connectivity index (χ0v) is 19.2. The van der Waals surface area contributed by atoms with Crippen molar-refractivity contribution in [1.29, 1.82) is 5.26 Å². The van der Waals surface area contributed by atoms with Crippen molar-refractivity contribution in [3.63, 3.8) is 0 Å². The summed E-state index contributed by atoms with van der Waals surface area (Å²) in [5.41, 5.74) is 4.19. The molecule has 3 N–H and O–H groups in total. The summed E-state index contributed by atoms with van der Waals surface area (Å²) >= 11 is 5.95. The van der Waals surface area contributed by atoms with Crippen molar-refractivity contribution in [3.8, 4) is 6.07 Å². The van der Waals surface area contributed by atoms with Gasteiger partial charge in [0.25, 0.3) is 0 Å². The number of aromatic amines is 1. The number of nitrogens with one attached hydrogen (secondary N) is 3. The zero-order chi connectivity index (χ0) is 24.2. The summed E-state index contributed by atoms with van der Waals surface area (Å²) in [6, 6.07) is 12.0. The lowest BCUT2D eigenvalue weighted by atomic mass is 10.0. The maximum absolute atomic E-state index is 13.7. The molecule has 0 saturated heterocycles. The van der Waals surface area contributed by atoms with E-state index in [1.54, 1.807) is 20.3 Å². The minimum atomic E-state index is -0.540. The Labute approximate surface area is 200 Å². The summed E-state index contributed by atoms with van der Waals surface area (Å²) in [7, 11) is 3.38. The first-order valence-corrected chi connectivity index (χ1v) is 10.7. The molecule has 1 amide bonds. The Balaban J connectivity index is 1.84. The molecule has 34 heavy (non-hydrogen) atoms. The quantitative estimate of drug-likeness (QED) is 0.358. The van der Waals surface area contributed by atoms with E-state index in [9.17, 15) is 14.4 Å². The third-order valence-corrected chi connectivity index (χ3v) is 5.53. The van der Waals surface area contributed by atoms with E-state index < -0.39 is 5.82 Å². The average Bonchev–Trinajstić information content (AvgIpc) is 3.34. The van der Waals surface area contributed by atoms with Crippen molar-refractivity contribution < 1.29 is 9.18 Å². The number of H-pyrrole nitrogens is 1. The number of aromatic nitrogens is 3. The minimum Gasteiger partial charge on any atom is -0.379 e. The predicted molar refractivity (Wildman–Crippen MR) is 129 cm³/mol. The molecular formula is C24H21ClFN7O. The molecule has 8 nitrogen and oxygen atoms in total. The lowest BCUT2D eigenvalue weighted by molar-refractivity contribution is -0.127. The van der Waals surface area contributed by atoms with Gasteiger partial charge in [0.05, 0.1) is 40.4 Å². The molecule has 0 spiro atoms. The fraction of sp³-hybridized carbons (Fsp3) is 0.167. The van der Waals surface area contributed by atoms with Crippen molar-refractivity contribution in [3.05, 3.63) is 76.5 Å². The van der Waals surface area contributed by atoms with Crippen molar-refractivity contribution in [2.24, 2.45) is 0 Å². The molecule has 0 aliphatic carbocycles. The Bertz CT molecular complexity index is 1400. The summed E-state index contributed by atoms with van der Waals surface area (Å²) < 4.78 is 13.7. The van der Waals surface area contributed by atoms with E-state index in [2.05, 4.69) is 31.9 Å². The number of rotatable bonds is 7. The summed E-state index contributed by atoms with van der Waals surface area (Å²) in [4.78, 5) is 18.5. The van der Waals surface area contributed by atoms with Gasteiger partial charge in [-0.05, 0) is 42.0 Å². The van der Waals surface area contributed by atoms with Gasteiger partial charge in [0.1, 0.15) is 11.9 Å². The Kier molecular flexibility index (Phi) is 6.61. The first kappa shape index (κ1) is 23.0. The standard InChI is InChI=1S/C24H21ClFN7O/c1-33(2)22(34)8-14-7-18(28-13-17-5-6-30-32-17)9-19-23(14)29-12-15(11-27)24(19)31-16-3-4-21(26)20(25)10-16/h3-7,9-10,12,28H,8,13H2,1-2H3,(H,29,31)(H,30,32). The van der Waals surface area contributed by atoms with Crippen LogP contribution < -0.4 is 10.6 Å². The highest BCUT2D eigenvalue weighted by atomic mass is 35.5. The largest absolute Gasteiger partial charge is 0.379 e. The minimum absolute atomic E-state index is 0.0407. The van der Waals surface area contributed by atoms with Gasteiger partial charge in [0.2, 0.25) is 5.91 Å². The van der Waals surface area contributed by atoms with Crippen LogP contribution in [0.25, 0.3) is 10.9 Å². The number of halogens is 2. The second-order valence-corrected chi connectivity index (χ2v) is 8.25. The highest BCUT2D eigenvalue weighted by molar-refractivity contribution is 6.31. The molecule has 0 atom stereocenters. The second-order valence-electron chi connectivity index (χ2n) is 7.84. The monoisotopic (exact) mass is 477 g/mol. The smallest absolute Gasteiger partial charge is 0.226 e. The molecule has 0 fully saturated rings. The molecule has 4 aromatic rings. The van der Waals surface area contributed by atoms with Crippen LogP contribution in [0.3, 0.4) is 0 Å². The average molecular weight is 478 g/mol. The van der Waals surface area contributed by atoms with Crippen LogP contribution in [0.2, 0.25) is 5.02 Å². The van der Waals surface area contributed by atoms with E-state index >= 15 is 0 Å². The van der Waals surface area contributed by atoms with Gasteiger partial charge in [-0.2, -0.15) is 10.4 Å². The molecule has 0 unspecified atom stereocenters. The Hall–Kier alpha value is -4.16. The van der Waals surface area contributed by atoms with Gasteiger partial charge in [0, 0.05) is 43.3 Å². The maximum Gasteiger partial charge on any atom is 0.226 e. The van der Waals surface area contributed by atoms with Crippen LogP contribution in [-0.4, -0.2) is 40.1 Å². The number of nitriles is 1. The van der Waals surface area contributed by atoms with E-state index in [4.69, 9.17) is 11.6 Å². The Morgan fingerprint density at radius 3 is 2.74 bits per heavy atom. The van der Waals surface area contributed by atoms with Gasteiger partial charge in [-0.1, -0.05) is 11.6 Å². The van der Waals surface area contributed by atoms with Gasteiger partial charge >= 0.3 is 0 Å². The molecule has 172 valence electrons. The maximum atomic E-state index is 13.7. The number of carbonyl (C=O) groups is 1. The number of carbonyl (C=O) groups excluding carboxylic acids is 1. The van der Waals surface area contributed by atoms with Gasteiger partial charge in [-0.15, -0.1) is 0 Å². The summed E-state index contributed by atoms with van der Waals surface area (Å²) in [6.45, 7) is 0.480. The van der Waals surface area contributed by atoms with Crippen LogP contribution in [0.15, 0.2) is 48.8 Å².